The molecule has 2 N–H and O–H groups in total. The molecule has 6 nitrogen and oxygen atoms in total. The Bertz CT molecular complexity index is 464. The first-order chi connectivity index (χ1) is 9.70. The molecule has 1 amide bonds. The Morgan fingerprint density at radius 1 is 1.30 bits per heavy atom. The van der Waals surface area contributed by atoms with Crippen molar-refractivity contribution in [1.29, 1.82) is 0 Å². The first-order valence-corrected chi connectivity index (χ1v) is 6.46. The highest BCUT2D eigenvalue weighted by Gasteiger charge is 2.35. The van der Waals surface area contributed by atoms with E-state index in [1.165, 1.54) is 7.11 Å². The lowest BCUT2D eigenvalue weighted by Gasteiger charge is -2.17. The van der Waals surface area contributed by atoms with Crippen molar-refractivity contribution < 1.29 is 19.1 Å². The number of carbonyl (C=O) groups is 2. The monoisotopic (exact) mass is 278 g/mol. The fourth-order valence-corrected chi connectivity index (χ4v) is 2.15. The zero-order valence-electron chi connectivity index (χ0n) is 11.3. The highest BCUT2D eigenvalue weighted by atomic mass is 16.5. The van der Waals surface area contributed by atoms with Crippen molar-refractivity contribution in [3.8, 4) is 0 Å². The predicted molar refractivity (Wildman–Crippen MR) is 71.9 cm³/mol. The van der Waals surface area contributed by atoms with Gasteiger partial charge in [0.25, 0.3) is 0 Å². The summed E-state index contributed by atoms with van der Waals surface area (Å²) in [6.45, 7) is 1.23. The molecule has 0 spiro atoms. The van der Waals surface area contributed by atoms with Gasteiger partial charge in [-0.15, -0.1) is 0 Å². The molecular formula is C14H18N2O4. The maximum Gasteiger partial charge on any atom is 0.407 e. The van der Waals surface area contributed by atoms with Gasteiger partial charge < -0.3 is 20.1 Å². The minimum absolute atomic E-state index is 0.204. The highest BCUT2D eigenvalue weighted by molar-refractivity contribution is 5.76. The molecule has 1 aromatic carbocycles. The summed E-state index contributed by atoms with van der Waals surface area (Å²) >= 11 is 0. The normalized spacial score (nSPS) is 21.2. The Balaban J connectivity index is 1.80. The second-order valence-electron chi connectivity index (χ2n) is 4.60. The molecule has 108 valence electrons. The second-order valence-corrected chi connectivity index (χ2v) is 4.60. The van der Waals surface area contributed by atoms with Crippen LogP contribution in [0, 0.1) is 5.92 Å². The van der Waals surface area contributed by atoms with E-state index in [-0.39, 0.29) is 24.5 Å². The van der Waals surface area contributed by atoms with Crippen LogP contribution in [0.25, 0.3) is 0 Å². The third-order valence-corrected chi connectivity index (χ3v) is 3.23. The number of methoxy groups -OCH3 is 1. The molecule has 0 unspecified atom stereocenters. The van der Waals surface area contributed by atoms with Crippen molar-refractivity contribution in [2.75, 3.05) is 20.2 Å². The van der Waals surface area contributed by atoms with E-state index >= 15 is 0 Å². The zero-order chi connectivity index (χ0) is 14.4. The standard InChI is InChI=1S/C14H18N2O4/c1-19-13(17)11-7-15-8-12(11)16-14(18)20-9-10-5-3-2-4-6-10/h2-6,11-12,15H,7-9H2,1H3,(H,16,18)/t11-,12+/m0/s1. The van der Waals surface area contributed by atoms with Crippen LogP contribution in [-0.4, -0.2) is 38.3 Å². The average Bonchev–Trinajstić information content (AvgIpc) is 2.93. The lowest BCUT2D eigenvalue weighted by molar-refractivity contribution is -0.145. The van der Waals surface area contributed by atoms with Crippen molar-refractivity contribution in [3.05, 3.63) is 35.9 Å². The summed E-state index contributed by atoms with van der Waals surface area (Å²) in [4.78, 5) is 23.2. The summed E-state index contributed by atoms with van der Waals surface area (Å²) in [5.41, 5.74) is 0.914. The molecule has 1 fully saturated rings. The molecule has 1 heterocycles. The highest BCUT2D eigenvalue weighted by Crippen LogP contribution is 2.11. The second kappa shape index (κ2) is 6.91. The van der Waals surface area contributed by atoms with Gasteiger partial charge in [0.15, 0.2) is 0 Å². The van der Waals surface area contributed by atoms with E-state index in [1.54, 1.807) is 0 Å². The van der Waals surface area contributed by atoms with Gasteiger partial charge in [-0.3, -0.25) is 4.79 Å². The fraction of sp³-hybridized carbons (Fsp3) is 0.429. The van der Waals surface area contributed by atoms with Crippen LogP contribution in [0.15, 0.2) is 30.3 Å². The van der Waals surface area contributed by atoms with Crippen molar-refractivity contribution >= 4 is 12.1 Å². The molecule has 2 atom stereocenters. The number of carbonyl (C=O) groups excluding carboxylic acids is 2. The summed E-state index contributed by atoms with van der Waals surface area (Å²) in [5.74, 6) is -0.701. The lowest BCUT2D eigenvalue weighted by Crippen LogP contribution is -2.43. The van der Waals surface area contributed by atoms with Crippen LogP contribution in [0.3, 0.4) is 0 Å². The molecule has 0 aromatic heterocycles. The third-order valence-electron chi connectivity index (χ3n) is 3.23. The molecule has 20 heavy (non-hydrogen) atoms. The van der Waals surface area contributed by atoms with Crippen LogP contribution < -0.4 is 10.6 Å². The van der Waals surface area contributed by atoms with E-state index in [0.29, 0.717) is 13.1 Å². The van der Waals surface area contributed by atoms with Gasteiger partial charge in [0.05, 0.1) is 19.1 Å². The molecule has 1 aromatic rings. The maximum absolute atomic E-state index is 11.7. The quantitative estimate of drug-likeness (QED) is 0.792. The Morgan fingerprint density at radius 2 is 2.05 bits per heavy atom. The van der Waals surface area contributed by atoms with Gasteiger partial charge in [0.2, 0.25) is 0 Å². The number of esters is 1. The average molecular weight is 278 g/mol. The Labute approximate surface area is 117 Å². The van der Waals surface area contributed by atoms with Crippen LogP contribution in [0.4, 0.5) is 4.79 Å². The van der Waals surface area contributed by atoms with Crippen LogP contribution in [-0.2, 0) is 20.9 Å². The molecule has 0 bridgehead atoms. The van der Waals surface area contributed by atoms with Gasteiger partial charge in [-0.2, -0.15) is 0 Å². The number of hydrogen-bond acceptors (Lipinski definition) is 5. The van der Waals surface area contributed by atoms with Gasteiger partial charge in [-0.05, 0) is 5.56 Å². The number of nitrogens with one attached hydrogen (secondary N) is 2. The Morgan fingerprint density at radius 3 is 2.75 bits per heavy atom. The van der Waals surface area contributed by atoms with E-state index in [0.717, 1.165) is 5.56 Å². The van der Waals surface area contributed by atoms with E-state index in [4.69, 9.17) is 9.47 Å². The Kier molecular flexibility index (Phi) is 4.95. The summed E-state index contributed by atoms with van der Waals surface area (Å²) < 4.78 is 9.83. The number of ether oxygens (including phenoxy) is 2. The summed E-state index contributed by atoms with van der Waals surface area (Å²) in [6, 6.07) is 9.11. The molecule has 0 radical (unpaired) electrons. The van der Waals surface area contributed by atoms with E-state index in [2.05, 4.69) is 10.6 Å². The largest absolute Gasteiger partial charge is 0.469 e. The lowest BCUT2D eigenvalue weighted by atomic mass is 10.0. The molecule has 1 aliphatic heterocycles. The zero-order valence-corrected chi connectivity index (χ0v) is 11.3. The van der Waals surface area contributed by atoms with Gasteiger partial charge in [0.1, 0.15) is 6.61 Å². The van der Waals surface area contributed by atoms with Gasteiger partial charge in [0, 0.05) is 13.1 Å². The molecule has 1 saturated heterocycles. The van der Waals surface area contributed by atoms with E-state index < -0.39 is 6.09 Å². The molecule has 0 aliphatic carbocycles. The van der Waals surface area contributed by atoms with Crippen molar-refractivity contribution in [2.24, 2.45) is 5.92 Å². The number of alkyl carbamates (subject to hydrolysis) is 1. The molecule has 6 heteroatoms. The minimum atomic E-state index is -0.531. The smallest absolute Gasteiger partial charge is 0.407 e. The van der Waals surface area contributed by atoms with Crippen molar-refractivity contribution in [3.63, 3.8) is 0 Å². The number of amides is 1. The van der Waals surface area contributed by atoms with Crippen LogP contribution in [0.2, 0.25) is 0 Å². The summed E-state index contributed by atoms with van der Waals surface area (Å²) in [5, 5.41) is 5.74. The van der Waals surface area contributed by atoms with Gasteiger partial charge in [-0.1, -0.05) is 30.3 Å². The third kappa shape index (κ3) is 3.71. The minimum Gasteiger partial charge on any atom is -0.469 e. The number of rotatable bonds is 4. The molecule has 2 rings (SSSR count). The Hall–Kier alpha value is -2.08. The number of benzene rings is 1. The van der Waals surface area contributed by atoms with Crippen LogP contribution >= 0.6 is 0 Å². The SMILES string of the molecule is COC(=O)[C@H]1CNC[C@H]1NC(=O)OCc1ccccc1. The van der Waals surface area contributed by atoms with Crippen molar-refractivity contribution in [2.45, 2.75) is 12.6 Å². The molecule has 1 aliphatic rings. The predicted octanol–water partition coefficient (Wildman–Crippen LogP) is 0.674. The first-order valence-electron chi connectivity index (χ1n) is 6.46. The summed E-state index contributed by atoms with van der Waals surface area (Å²) in [7, 11) is 1.34. The van der Waals surface area contributed by atoms with Crippen LogP contribution in [0.5, 0.6) is 0 Å². The first kappa shape index (κ1) is 14.3. The van der Waals surface area contributed by atoms with E-state index in [1.807, 2.05) is 30.3 Å². The van der Waals surface area contributed by atoms with Crippen LogP contribution in [0.1, 0.15) is 5.56 Å². The fourth-order valence-electron chi connectivity index (χ4n) is 2.15. The topological polar surface area (TPSA) is 76.7 Å². The molecule has 0 saturated carbocycles. The van der Waals surface area contributed by atoms with Crippen molar-refractivity contribution in [1.82, 2.24) is 10.6 Å². The maximum atomic E-state index is 11.7. The number of hydrogen-bond donors (Lipinski definition) is 2. The van der Waals surface area contributed by atoms with Gasteiger partial charge >= 0.3 is 12.1 Å². The molecular weight excluding hydrogens is 260 g/mol. The summed E-state index contributed by atoms with van der Waals surface area (Å²) in [6.07, 6.45) is -0.531. The van der Waals surface area contributed by atoms with E-state index in [9.17, 15) is 9.59 Å². The van der Waals surface area contributed by atoms with Gasteiger partial charge in [-0.25, -0.2) is 4.79 Å².